The highest BCUT2D eigenvalue weighted by molar-refractivity contribution is 9.10. The highest BCUT2D eigenvalue weighted by Crippen LogP contribution is 2.35. The molecule has 0 bridgehead atoms. The Bertz CT molecular complexity index is 619. The third kappa shape index (κ3) is 3.59. The lowest BCUT2D eigenvalue weighted by Crippen LogP contribution is -2.13. The molecule has 1 unspecified atom stereocenters. The molecule has 0 aliphatic heterocycles. The van der Waals surface area contributed by atoms with E-state index in [0.29, 0.717) is 16.0 Å². The molecule has 0 spiro atoms. The standard InChI is InChI=1S/C15H14Br2FNO/c1-9(19-2)12-5-3-10(16)7-14(12)20-15-8-11(18)4-6-13(15)17/h3-9,19H,1-2H3. The van der Waals surface area contributed by atoms with E-state index < -0.39 is 0 Å². The van der Waals surface area contributed by atoms with E-state index in [0.717, 1.165) is 10.0 Å². The van der Waals surface area contributed by atoms with Crippen molar-refractivity contribution in [1.29, 1.82) is 0 Å². The molecule has 0 fully saturated rings. The first-order valence-corrected chi connectivity index (χ1v) is 7.69. The Morgan fingerprint density at radius 1 is 1.10 bits per heavy atom. The normalized spacial score (nSPS) is 12.2. The summed E-state index contributed by atoms with van der Waals surface area (Å²) in [6.07, 6.45) is 0. The van der Waals surface area contributed by atoms with Gasteiger partial charge in [0.15, 0.2) is 0 Å². The Kier molecular flexibility index (Phi) is 5.18. The maximum absolute atomic E-state index is 13.3. The maximum atomic E-state index is 13.3. The Hall–Kier alpha value is -0.910. The Morgan fingerprint density at radius 2 is 1.85 bits per heavy atom. The van der Waals surface area contributed by atoms with Gasteiger partial charge in [0.2, 0.25) is 0 Å². The van der Waals surface area contributed by atoms with Crippen LogP contribution in [0.15, 0.2) is 45.3 Å². The molecule has 1 atom stereocenters. The molecule has 0 radical (unpaired) electrons. The zero-order chi connectivity index (χ0) is 14.7. The number of halogens is 3. The second kappa shape index (κ2) is 6.70. The van der Waals surface area contributed by atoms with Gasteiger partial charge in [-0.3, -0.25) is 0 Å². The zero-order valence-corrected chi connectivity index (χ0v) is 14.3. The summed E-state index contributed by atoms with van der Waals surface area (Å²) in [7, 11) is 1.88. The van der Waals surface area contributed by atoms with Crippen molar-refractivity contribution in [2.45, 2.75) is 13.0 Å². The van der Waals surface area contributed by atoms with E-state index in [4.69, 9.17) is 4.74 Å². The molecular formula is C15H14Br2FNO. The van der Waals surface area contributed by atoms with E-state index in [1.165, 1.54) is 12.1 Å². The van der Waals surface area contributed by atoms with Gasteiger partial charge in [0, 0.05) is 22.1 Å². The first-order chi connectivity index (χ1) is 9.51. The van der Waals surface area contributed by atoms with Crippen LogP contribution in [-0.4, -0.2) is 7.05 Å². The predicted octanol–water partition coefficient (Wildman–Crippen LogP) is 5.42. The quantitative estimate of drug-likeness (QED) is 0.736. The van der Waals surface area contributed by atoms with Gasteiger partial charge < -0.3 is 10.1 Å². The van der Waals surface area contributed by atoms with Crippen molar-refractivity contribution in [2.24, 2.45) is 0 Å². The summed E-state index contributed by atoms with van der Waals surface area (Å²) in [6, 6.07) is 10.3. The van der Waals surface area contributed by atoms with Gasteiger partial charge in [0.1, 0.15) is 17.3 Å². The van der Waals surface area contributed by atoms with Crippen LogP contribution in [0.1, 0.15) is 18.5 Å². The Balaban J connectivity index is 2.41. The minimum atomic E-state index is -0.332. The average molecular weight is 403 g/mol. The SMILES string of the molecule is CNC(C)c1ccc(Br)cc1Oc1cc(F)ccc1Br. The van der Waals surface area contributed by atoms with E-state index >= 15 is 0 Å². The fourth-order valence-electron chi connectivity index (χ4n) is 1.78. The van der Waals surface area contributed by atoms with E-state index in [-0.39, 0.29) is 11.9 Å². The van der Waals surface area contributed by atoms with Crippen LogP contribution in [0.25, 0.3) is 0 Å². The fourth-order valence-corrected chi connectivity index (χ4v) is 2.45. The summed E-state index contributed by atoms with van der Waals surface area (Å²) in [5, 5.41) is 3.17. The van der Waals surface area contributed by atoms with E-state index in [1.807, 2.05) is 32.2 Å². The number of nitrogens with one attached hydrogen (secondary N) is 1. The van der Waals surface area contributed by atoms with Crippen LogP contribution in [0, 0.1) is 5.82 Å². The maximum Gasteiger partial charge on any atom is 0.144 e. The first kappa shape index (κ1) is 15.5. The van der Waals surface area contributed by atoms with Gasteiger partial charge >= 0.3 is 0 Å². The van der Waals surface area contributed by atoms with E-state index in [9.17, 15) is 4.39 Å². The molecule has 0 saturated carbocycles. The number of benzene rings is 2. The Labute approximate surface area is 134 Å². The van der Waals surface area contributed by atoms with Crippen LogP contribution in [-0.2, 0) is 0 Å². The highest BCUT2D eigenvalue weighted by Gasteiger charge is 2.13. The zero-order valence-electron chi connectivity index (χ0n) is 11.1. The molecule has 20 heavy (non-hydrogen) atoms. The fraction of sp³-hybridized carbons (Fsp3) is 0.200. The number of ether oxygens (including phenoxy) is 1. The van der Waals surface area contributed by atoms with Crippen molar-refractivity contribution in [3.63, 3.8) is 0 Å². The van der Waals surface area contributed by atoms with Gasteiger partial charge in [-0.15, -0.1) is 0 Å². The minimum absolute atomic E-state index is 0.130. The van der Waals surface area contributed by atoms with Crippen molar-refractivity contribution in [2.75, 3.05) is 7.05 Å². The van der Waals surface area contributed by atoms with Gasteiger partial charge in [0.05, 0.1) is 4.47 Å². The average Bonchev–Trinajstić information content (AvgIpc) is 2.42. The summed E-state index contributed by atoms with van der Waals surface area (Å²) in [6.45, 7) is 2.04. The van der Waals surface area contributed by atoms with Gasteiger partial charge in [-0.05, 0) is 54.2 Å². The van der Waals surface area contributed by atoms with Crippen LogP contribution in [0.5, 0.6) is 11.5 Å². The third-order valence-electron chi connectivity index (χ3n) is 2.99. The largest absolute Gasteiger partial charge is 0.456 e. The smallest absolute Gasteiger partial charge is 0.144 e. The second-order valence-corrected chi connectivity index (χ2v) is 6.14. The van der Waals surface area contributed by atoms with Crippen LogP contribution < -0.4 is 10.1 Å². The molecule has 1 N–H and O–H groups in total. The lowest BCUT2D eigenvalue weighted by Gasteiger charge is -2.17. The summed E-state index contributed by atoms with van der Waals surface area (Å²) < 4.78 is 20.8. The molecule has 106 valence electrons. The van der Waals surface area contributed by atoms with Crippen LogP contribution in [0.2, 0.25) is 0 Å². The van der Waals surface area contributed by atoms with Gasteiger partial charge in [-0.25, -0.2) is 4.39 Å². The molecule has 0 aliphatic carbocycles. The molecule has 0 aromatic heterocycles. The third-order valence-corrected chi connectivity index (χ3v) is 4.14. The van der Waals surface area contributed by atoms with Gasteiger partial charge in [0.25, 0.3) is 0 Å². The summed E-state index contributed by atoms with van der Waals surface area (Å²) >= 11 is 6.79. The van der Waals surface area contributed by atoms with Crippen molar-refractivity contribution < 1.29 is 9.13 Å². The molecule has 2 aromatic carbocycles. The summed E-state index contributed by atoms with van der Waals surface area (Å²) in [5.74, 6) is 0.807. The van der Waals surface area contributed by atoms with Crippen molar-refractivity contribution >= 4 is 31.9 Å². The number of rotatable bonds is 4. The lowest BCUT2D eigenvalue weighted by atomic mass is 10.1. The van der Waals surface area contributed by atoms with E-state index in [2.05, 4.69) is 37.2 Å². The molecule has 0 heterocycles. The molecule has 0 aliphatic rings. The van der Waals surface area contributed by atoms with Crippen LogP contribution >= 0.6 is 31.9 Å². The van der Waals surface area contributed by atoms with Crippen LogP contribution in [0.4, 0.5) is 4.39 Å². The Morgan fingerprint density at radius 3 is 2.55 bits per heavy atom. The molecule has 2 rings (SSSR count). The van der Waals surface area contributed by atoms with Crippen molar-refractivity contribution in [3.05, 3.63) is 56.7 Å². The predicted molar refractivity (Wildman–Crippen MR) is 85.8 cm³/mol. The lowest BCUT2D eigenvalue weighted by molar-refractivity contribution is 0.458. The molecule has 0 saturated heterocycles. The molecule has 2 nitrogen and oxygen atoms in total. The van der Waals surface area contributed by atoms with Crippen LogP contribution in [0.3, 0.4) is 0 Å². The monoisotopic (exact) mass is 401 g/mol. The summed E-state index contributed by atoms with van der Waals surface area (Å²) in [5.41, 5.74) is 1.01. The molecular weight excluding hydrogens is 389 g/mol. The molecule has 0 amide bonds. The topological polar surface area (TPSA) is 21.3 Å². The second-order valence-electron chi connectivity index (χ2n) is 4.37. The van der Waals surface area contributed by atoms with Crippen molar-refractivity contribution in [1.82, 2.24) is 5.32 Å². The number of hydrogen-bond donors (Lipinski definition) is 1. The molecule has 5 heteroatoms. The van der Waals surface area contributed by atoms with Crippen molar-refractivity contribution in [3.8, 4) is 11.5 Å². The molecule has 2 aromatic rings. The minimum Gasteiger partial charge on any atom is -0.456 e. The first-order valence-electron chi connectivity index (χ1n) is 6.11. The van der Waals surface area contributed by atoms with E-state index in [1.54, 1.807) is 6.07 Å². The van der Waals surface area contributed by atoms with Gasteiger partial charge in [-0.1, -0.05) is 22.0 Å². The highest BCUT2D eigenvalue weighted by atomic mass is 79.9. The van der Waals surface area contributed by atoms with Gasteiger partial charge in [-0.2, -0.15) is 0 Å². The number of hydrogen-bond acceptors (Lipinski definition) is 2. The summed E-state index contributed by atoms with van der Waals surface area (Å²) in [4.78, 5) is 0.